The van der Waals surface area contributed by atoms with Crippen molar-refractivity contribution in [1.29, 1.82) is 0 Å². The van der Waals surface area contributed by atoms with Gasteiger partial charge in [-0.1, -0.05) is 23.5 Å². The zero-order chi connectivity index (χ0) is 15.3. The number of rotatable bonds is 4. The van der Waals surface area contributed by atoms with Crippen LogP contribution in [-0.4, -0.2) is 25.8 Å². The highest BCUT2D eigenvalue weighted by atomic mass is 32.1. The quantitative estimate of drug-likeness (QED) is 0.419. The van der Waals surface area contributed by atoms with Gasteiger partial charge in [0.15, 0.2) is 6.29 Å². The molecule has 1 aromatic carbocycles. The minimum absolute atomic E-state index is 0.0302. The number of imidazole rings is 1. The minimum Gasteiger partial charge on any atom is -0.296 e. The molecule has 110 valence electrons. The number of hydrogen-bond acceptors (Lipinski definition) is 6. The van der Waals surface area contributed by atoms with Crippen molar-refractivity contribution in [3.8, 4) is 11.3 Å². The van der Waals surface area contributed by atoms with Gasteiger partial charge in [0.05, 0.1) is 4.92 Å². The summed E-state index contributed by atoms with van der Waals surface area (Å²) in [4.78, 5) is 27.0. The summed E-state index contributed by atoms with van der Waals surface area (Å²) in [5, 5.41) is 16.3. The van der Waals surface area contributed by atoms with Crippen molar-refractivity contribution in [1.82, 2.24) is 14.6 Å². The van der Waals surface area contributed by atoms with E-state index in [-0.39, 0.29) is 5.69 Å². The lowest BCUT2D eigenvalue weighted by Gasteiger charge is -1.98. The molecule has 0 unspecified atom stereocenters. The van der Waals surface area contributed by atoms with Gasteiger partial charge in [0, 0.05) is 23.6 Å². The molecule has 1 saturated carbocycles. The van der Waals surface area contributed by atoms with Crippen LogP contribution < -0.4 is 0 Å². The van der Waals surface area contributed by atoms with Gasteiger partial charge in [0.2, 0.25) is 4.96 Å². The summed E-state index contributed by atoms with van der Waals surface area (Å²) in [5.74, 6) is 0.493. The van der Waals surface area contributed by atoms with Gasteiger partial charge in [-0.3, -0.25) is 14.9 Å². The minimum atomic E-state index is -0.466. The van der Waals surface area contributed by atoms with Gasteiger partial charge in [-0.15, -0.1) is 0 Å². The Hall–Kier alpha value is -2.61. The third-order valence-corrected chi connectivity index (χ3v) is 4.69. The number of fused-ring (bicyclic) bond motifs is 1. The van der Waals surface area contributed by atoms with Crippen LogP contribution in [0.1, 0.15) is 34.3 Å². The van der Waals surface area contributed by atoms with Crippen LogP contribution in [-0.2, 0) is 0 Å². The lowest BCUT2D eigenvalue weighted by Crippen LogP contribution is -1.95. The van der Waals surface area contributed by atoms with Crippen molar-refractivity contribution in [3.05, 3.63) is 45.1 Å². The van der Waals surface area contributed by atoms with E-state index < -0.39 is 4.92 Å². The molecule has 0 bridgehead atoms. The smallest absolute Gasteiger partial charge is 0.270 e. The van der Waals surface area contributed by atoms with Crippen molar-refractivity contribution >= 4 is 28.3 Å². The third-order valence-electron chi connectivity index (χ3n) is 3.62. The molecule has 0 N–H and O–H groups in total. The van der Waals surface area contributed by atoms with Crippen LogP contribution in [0.5, 0.6) is 0 Å². The number of aldehydes is 1. The molecular formula is C14H10N4O3S. The molecule has 2 aromatic heterocycles. The Morgan fingerprint density at radius 3 is 2.91 bits per heavy atom. The fraction of sp³-hybridized carbons (Fsp3) is 0.214. The van der Waals surface area contributed by atoms with Gasteiger partial charge in [0.25, 0.3) is 5.69 Å². The lowest BCUT2D eigenvalue weighted by atomic mass is 10.1. The molecule has 1 aliphatic rings. The highest BCUT2D eigenvalue weighted by Gasteiger charge is 2.29. The molecule has 4 rings (SSSR count). The van der Waals surface area contributed by atoms with Crippen molar-refractivity contribution in [3.63, 3.8) is 0 Å². The lowest BCUT2D eigenvalue weighted by molar-refractivity contribution is -0.384. The summed E-state index contributed by atoms with van der Waals surface area (Å²) >= 11 is 1.47. The first-order valence-electron chi connectivity index (χ1n) is 6.77. The average molecular weight is 314 g/mol. The van der Waals surface area contributed by atoms with E-state index in [9.17, 15) is 14.9 Å². The number of nitrogens with zero attached hydrogens (tertiary/aromatic N) is 4. The van der Waals surface area contributed by atoms with Crippen LogP contribution >= 0.6 is 11.3 Å². The average Bonchev–Trinajstić information content (AvgIpc) is 3.19. The standard InChI is InChI=1S/C14H10N4O3S/c19-7-11-12(9-2-1-3-10(6-9)18(20)21)15-14-17(11)16-13(22-14)8-4-5-8/h1-3,6-8H,4-5H2. The molecule has 2 heterocycles. The van der Waals surface area contributed by atoms with Crippen LogP contribution in [0, 0.1) is 10.1 Å². The van der Waals surface area contributed by atoms with E-state index in [1.807, 2.05) is 0 Å². The van der Waals surface area contributed by atoms with E-state index in [2.05, 4.69) is 10.1 Å². The molecule has 3 aromatic rings. The molecule has 0 spiro atoms. The Balaban J connectivity index is 1.87. The second-order valence-corrected chi connectivity index (χ2v) is 6.17. The second-order valence-electron chi connectivity index (χ2n) is 5.18. The Morgan fingerprint density at radius 2 is 2.23 bits per heavy atom. The molecule has 22 heavy (non-hydrogen) atoms. The maximum absolute atomic E-state index is 11.5. The predicted octanol–water partition coefficient (Wildman–Crippen LogP) is 3.06. The van der Waals surface area contributed by atoms with Crippen LogP contribution in [0.15, 0.2) is 24.3 Å². The molecule has 7 nitrogen and oxygen atoms in total. The number of nitro benzene ring substituents is 1. The van der Waals surface area contributed by atoms with E-state index >= 15 is 0 Å². The Labute approximate surface area is 128 Å². The summed E-state index contributed by atoms with van der Waals surface area (Å²) in [6.45, 7) is 0. The van der Waals surface area contributed by atoms with E-state index in [0.717, 1.165) is 17.8 Å². The normalized spacial score (nSPS) is 14.4. The van der Waals surface area contributed by atoms with Crippen LogP contribution in [0.4, 0.5) is 5.69 Å². The Morgan fingerprint density at radius 1 is 1.41 bits per heavy atom. The van der Waals surface area contributed by atoms with Gasteiger partial charge in [-0.25, -0.2) is 4.98 Å². The van der Waals surface area contributed by atoms with Gasteiger partial charge < -0.3 is 0 Å². The van der Waals surface area contributed by atoms with E-state index in [1.165, 1.54) is 23.5 Å². The molecule has 0 atom stereocenters. The number of benzene rings is 1. The number of aromatic nitrogens is 3. The third kappa shape index (κ3) is 2.00. The topological polar surface area (TPSA) is 90.4 Å². The fourth-order valence-corrected chi connectivity index (χ4v) is 3.43. The zero-order valence-electron chi connectivity index (χ0n) is 11.3. The molecule has 0 radical (unpaired) electrons. The van der Waals surface area contributed by atoms with Crippen molar-refractivity contribution in [2.45, 2.75) is 18.8 Å². The number of nitro groups is 1. The maximum Gasteiger partial charge on any atom is 0.270 e. The molecule has 1 aliphatic carbocycles. The summed E-state index contributed by atoms with van der Waals surface area (Å²) in [7, 11) is 0. The van der Waals surface area contributed by atoms with Crippen molar-refractivity contribution < 1.29 is 9.72 Å². The van der Waals surface area contributed by atoms with Gasteiger partial charge >= 0.3 is 0 Å². The molecular weight excluding hydrogens is 304 g/mol. The Bertz CT molecular complexity index is 910. The van der Waals surface area contributed by atoms with E-state index in [4.69, 9.17) is 0 Å². The van der Waals surface area contributed by atoms with Crippen LogP contribution in [0.3, 0.4) is 0 Å². The second kappa shape index (κ2) is 4.70. The molecule has 0 saturated heterocycles. The van der Waals surface area contributed by atoms with Crippen molar-refractivity contribution in [2.24, 2.45) is 0 Å². The largest absolute Gasteiger partial charge is 0.296 e. The summed E-state index contributed by atoms with van der Waals surface area (Å²) in [5.41, 5.74) is 1.28. The monoisotopic (exact) mass is 314 g/mol. The number of carbonyl (C=O) groups is 1. The van der Waals surface area contributed by atoms with Crippen molar-refractivity contribution in [2.75, 3.05) is 0 Å². The number of carbonyl (C=O) groups excluding carboxylic acids is 1. The van der Waals surface area contributed by atoms with E-state index in [0.29, 0.717) is 34.1 Å². The first-order chi connectivity index (χ1) is 10.7. The first-order valence-corrected chi connectivity index (χ1v) is 7.58. The number of hydrogen-bond donors (Lipinski definition) is 0. The van der Waals surface area contributed by atoms with E-state index in [1.54, 1.807) is 16.6 Å². The van der Waals surface area contributed by atoms with Gasteiger partial charge in [-0.2, -0.15) is 9.61 Å². The highest BCUT2D eigenvalue weighted by molar-refractivity contribution is 7.16. The fourth-order valence-electron chi connectivity index (χ4n) is 2.36. The van der Waals surface area contributed by atoms with Gasteiger partial charge in [-0.05, 0) is 12.8 Å². The highest BCUT2D eigenvalue weighted by Crippen LogP contribution is 2.42. The molecule has 1 fully saturated rings. The number of non-ortho nitro benzene ring substituents is 1. The molecule has 8 heteroatoms. The maximum atomic E-state index is 11.5. The van der Waals surface area contributed by atoms with Crippen LogP contribution in [0.25, 0.3) is 16.2 Å². The summed E-state index contributed by atoms with van der Waals surface area (Å²) < 4.78 is 1.54. The SMILES string of the molecule is O=Cc1c(-c2cccc([N+](=O)[O-])c2)nc2sc(C3CC3)nn12. The first kappa shape index (κ1) is 13.1. The summed E-state index contributed by atoms with van der Waals surface area (Å²) in [6.07, 6.45) is 2.96. The van der Waals surface area contributed by atoms with Crippen LogP contribution in [0.2, 0.25) is 0 Å². The summed E-state index contributed by atoms with van der Waals surface area (Å²) in [6, 6.07) is 6.11. The molecule has 0 aliphatic heterocycles. The zero-order valence-corrected chi connectivity index (χ0v) is 12.1. The van der Waals surface area contributed by atoms with Gasteiger partial charge in [0.1, 0.15) is 16.4 Å². The Kier molecular flexibility index (Phi) is 2.80. The molecule has 0 amide bonds. The predicted molar refractivity (Wildman–Crippen MR) is 80.3 cm³/mol.